The summed E-state index contributed by atoms with van der Waals surface area (Å²) in [6.07, 6.45) is -4.44. The third-order valence-corrected chi connectivity index (χ3v) is 5.26. The number of ether oxygens (including phenoxy) is 1. The molecule has 0 unspecified atom stereocenters. The number of nitrogens with one attached hydrogen (secondary N) is 1. The van der Waals surface area contributed by atoms with E-state index < -0.39 is 6.36 Å². The molecular formula is C17H11F3N4O3S2. The number of benzene rings is 1. The Bertz CT molecular complexity index is 1140. The Labute approximate surface area is 169 Å². The molecule has 3 aromatic heterocycles. The molecular weight excluding hydrogens is 429 g/mol. The van der Waals surface area contributed by atoms with E-state index in [1.165, 1.54) is 29.5 Å². The molecule has 1 amide bonds. The second-order valence-corrected chi connectivity index (χ2v) is 7.57. The summed E-state index contributed by atoms with van der Waals surface area (Å²) < 4.78 is 46.8. The highest BCUT2D eigenvalue weighted by Crippen LogP contribution is 2.31. The van der Waals surface area contributed by atoms with Gasteiger partial charge >= 0.3 is 6.36 Å². The highest BCUT2D eigenvalue weighted by atomic mass is 32.1. The van der Waals surface area contributed by atoms with Gasteiger partial charge in [0.15, 0.2) is 5.13 Å². The number of carbonyl (C=O) groups excluding carboxylic acids is 1. The van der Waals surface area contributed by atoms with E-state index in [1.54, 1.807) is 0 Å². The minimum atomic E-state index is -4.77. The molecule has 4 rings (SSSR count). The Kier molecular flexibility index (Phi) is 5.20. The standard InChI is InChI=1S/C17H11F3N4O3S2/c18-17(19,20)27-10-1-2-11-12(7-10)29-16(21-11)22-13(25)3-4-14-23-24-15(26-14)9-5-6-28-8-9/h1-2,5-8H,3-4H2,(H,21,22,25). The molecule has 0 spiro atoms. The largest absolute Gasteiger partial charge is 0.573 e. The van der Waals surface area contributed by atoms with Gasteiger partial charge < -0.3 is 14.5 Å². The number of aryl methyl sites for hydroxylation is 1. The van der Waals surface area contributed by atoms with Crippen molar-refractivity contribution in [3.63, 3.8) is 0 Å². The van der Waals surface area contributed by atoms with E-state index in [0.29, 0.717) is 22.0 Å². The molecule has 29 heavy (non-hydrogen) atoms. The van der Waals surface area contributed by atoms with E-state index in [2.05, 4.69) is 25.2 Å². The highest BCUT2D eigenvalue weighted by molar-refractivity contribution is 7.22. The number of thiazole rings is 1. The van der Waals surface area contributed by atoms with Crippen molar-refractivity contribution in [1.29, 1.82) is 0 Å². The molecule has 7 nitrogen and oxygen atoms in total. The summed E-state index contributed by atoms with van der Waals surface area (Å²) in [7, 11) is 0. The molecule has 0 bridgehead atoms. The van der Waals surface area contributed by atoms with Gasteiger partial charge in [0.25, 0.3) is 0 Å². The number of fused-ring (bicyclic) bond motifs is 1. The molecule has 12 heteroatoms. The lowest BCUT2D eigenvalue weighted by atomic mass is 10.3. The Morgan fingerprint density at radius 2 is 2.10 bits per heavy atom. The number of anilines is 1. The van der Waals surface area contributed by atoms with E-state index in [0.717, 1.165) is 16.9 Å². The van der Waals surface area contributed by atoms with Crippen LogP contribution in [0.4, 0.5) is 18.3 Å². The van der Waals surface area contributed by atoms with E-state index in [-0.39, 0.29) is 29.6 Å². The van der Waals surface area contributed by atoms with Gasteiger partial charge in [-0.15, -0.1) is 23.4 Å². The summed E-state index contributed by atoms with van der Waals surface area (Å²) in [5.41, 5.74) is 1.28. The third kappa shape index (κ3) is 4.90. The van der Waals surface area contributed by atoms with Gasteiger partial charge in [0.1, 0.15) is 5.75 Å². The number of amides is 1. The topological polar surface area (TPSA) is 90.1 Å². The molecule has 0 aliphatic heterocycles. The van der Waals surface area contributed by atoms with Crippen molar-refractivity contribution in [2.45, 2.75) is 19.2 Å². The van der Waals surface area contributed by atoms with E-state index >= 15 is 0 Å². The molecule has 0 radical (unpaired) electrons. The summed E-state index contributed by atoms with van der Waals surface area (Å²) in [6.45, 7) is 0. The Morgan fingerprint density at radius 3 is 2.86 bits per heavy atom. The third-order valence-electron chi connectivity index (χ3n) is 3.64. The van der Waals surface area contributed by atoms with Crippen molar-refractivity contribution in [1.82, 2.24) is 15.2 Å². The number of nitrogens with zero attached hydrogens (tertiary/aromatic N) is 3. The number of carbonyl (C=O) groups is 1. The number of alkyl halides is 3. The molecule has 0 aliphatic carbocycles. The van der Waals surface area contributed by atoms with Crippen molar-refractivity contribution in [2.75, 3.05) is 5.32 Å². The van der Waals surface area contributed by atoms with Crippen LogP contribution in [0.3, 0.4) is 0 Å². The Morgan fingerprint density at radius 1 is 1.24 bits per heavy atom. The van der Waals surface area contributed by atoms with Crippen molar-refractivity contribution >= 4 is 43.9 Å². The number of aromatic nitrogens is 3. The first kappa shape index (κ1) is 19.3. The molecule has 0 fully saturated rings. The maximum Gasteiger partial charge on any atom is 0.573 e. The summed E-state index contributed by atoms with van der Waals surface area (Å²) in [6, 6.07) is 5.64. The maximum absolute atomic E-state index is 12.3. The fraction of sp³-hybridized carbons (Fsp3) is 0.176. The molecule has 1 N–H and O–H groups in total. The fourth-order valence-electron chi connectivity index (χ4n) is 2.42. The number of halogens is 3. The molecule has 150 valence electrons. The second-order valence-electron chi connectivity index (χ2n) is 5.76. The van der Waals surface area contributed by atoms with Gasteiger partial charge in [-0.25, -0.2) is 4.98 Å². The zero-order valence-electron chi connectivity index (χ0n) is 14.4. The number of hydrogen-bond donors (Lipinski definition) is 1. The summed E-state index contributed by atoms with van der Waals surface area (Å²) in [5, 5.41) is 14.5. The number of rotatable bonds is 6. The summed E-state index contributed by atoms with van der Waals surface area (Å²) >= 11 is 2.56. The van der Waals surface area contributed by atoms with Crippen LogP contribution in [0, 0.1) is 0 Å². The van der Waals surface area contributed by atoms with E-state index in [1.807, 2.05) is 16.8 Å². The van der Waals surface area contributed by atoms with Crippen LogP contribution in [0.1, 0.15) is 12.3 Å². The van der Waals surface area contributed by atoms with Crippen LogP contribution in [-0.4, -0.2) is 27.5 Å². The van der Waals surface area contributed by atoms with Gasteiger partial charge in [-0.1, -0.05) is 11.3 Å². The Hall–Kier alpha value is -2.99. The quantitative estimate of drug-likeness (QED) is 0.460. The Balaban J connectivity index is 1.36. The molecule has 4 aromatic rings. The molecule has 0 aliphatic rings. The van der Waals surface area contributed by atoms with E-state index in [9.17, 15) is 18.0 Å². The van der Waals surface area contributed by atoms with Gasteiger partial charge in [-0.2, -0.15) is 11.3 Å². The lowest BCUT2D eigenvalue weighted by molar-refractivity contribution is -0.274. The molecule has 3 heterocycles. The van der Waals surface area contributed by atoms with Crippen LogP contribution in [0.2, 0.25) is 0 Å². The normalized spacial score (nSPS) is 11.7. The van der Waals surface area contributed by atoms with Crippen molar-refractivity contribution < 1.29 is 27.1 Å². The molecule has 1 aromatic carbocycles. The SMILES string of the molecule is O=C(CCc1nnc(-c2ccsc2)o1)Nc1nc2ccc(OC(F)(F)F)cc2s1. The van der Waals surface area contributed by atoms with Crippen LogP contribution < -0.4 is 10.1 Å². The highest BCUT2D eigenvalue weighted by Gasteiger charge is 2.31. The van der Waals surface area contributed by atoms with Crippen molar-refractivity contribution in [3.8, 4) is 17.2 Å². The zero-order chi connectivity index (χ0) is 20.4. The second kappa shape index (κ2) is 7.79. The predicted octanol–water partition coefficient (Wildman–Crippen LogP) is 4.88. The first-order valence-corrected chi connectivity index (χ1v) is 9.93. The van der Waals surface area contributed by atoms with Gasteiger partial charge in [-0.3, -0.25) is 4.79 Å². The van der Waals surface area contributed by atoms with Gasteiger partial charge in [-0.05, 0) is 23.6 Å². The fourth-order valence-corrected chi connectivity index (χ4v) is 3.96. The van der Waals surface area contributed by atoms with Crippen LogP contribution in [0.15, 0.2) is 39.4 Å². The van der Waals surface area contributed by atoms with Crippen LogP contribution in [0.25, 0.3) is 21.7 Å². The van der Waals surface area contributed by atoms with Crippen molar-refractivity contribution in [3.05, 3.63) is 40.9 Å². The first-order chi connectivity index (χ1) is 13.9. The minimum Gasteiger partial charge on any atom is -0.421 e. The molecule has 0 saturated heterocycles. The average Bonchev–Trinajstić information content (AvgIpc) is 3.38. The van der Waals surface area contributed by atoms with Gasteiger partial charge in [0.05, 0.1) is 10.2 Å². The van der Waals surface area contributed by atoms with Gasteiger partial charge in [0, 0.05) is 29.9 Å². The van der Waals surface area contributed by atoms with E-state index in [4.69, 9.17) is 4.42 Å². The van der Waals surface area contributed by atoms with Crippen LogP contribution in [0.5, 0.6) is 5.75 Å². The average molecular weight is 440 g/mol. The lowest BCUT2D eigenvalue weighted by Crippen LogP contribution is -2.16. The smallest absolute Gasteiger partial charge is 0.421 e. The van der Waals surface area contributed by atoms with Crippen LogP contribution in [-0.2, 0) is 11.2 Å². The lowest BCUT2D eigenvalue weighted by Gasteiger charge is -2.07. The minimum absolute atomic E-state index is 0.0869. The number of thiophene rings is 1. The predicted molar refractivity (Wildman–Crippen MR) is 101 cm³/mol. The molecule has 0 saturated carbocycles. The maximum atomic E-state index is 12.3. The van der Waals surface area contributed by atoms with Gasteiger partial charge in [0.2, 0.25) is 17.7 Å². The van der Waals surface area contributed by atoms with Crippen LogP contribution >= 0.6 is 22.7 Å². The first-order valence-electron chi connectivity index (χ1n) is 8.17. The van der Waals surface area contributed by atoms with Crippen molar-refractivity contribution in [2.24, 2.45) is 0 Å². The number of hydrogen-bond acceptors (Lipinski definition) is 8. The summed E-state index contributed by atoms with van der Waals surface area (Å²) in [5.74, 6) is 0.0553. The monoisotopic (exact) mass is 440 g/mol. The zero-order valence-corrected chi connectivity index (χ0v) is 16.0. The molecule has 0 atom stereocenters. The summed E-state index contributed by atoms with van der Waals surface area (Å²) in [4.78, 5) is 16.3.